The Hall–Kier alpha value is -1.58. The first kappa shape index (κ1) is 44.9. The molecule has 0 aliphatic rings. The topological polar surface area (TPSA) is 238 Å². The maximum atomic E-state index is 11.6. The van der Waals surface area contributed by atoms with E-state index in [4.69, 9.17) is 20.5 Å². The fourth-order valence-electron chi connectivity index (χ4n) is 3.75. The van der Waals surface area contributed by atoms with Gasteiger partial charge in [-0.25, -0.2) is 4.79 Å². The molecule has 0 heterocycles. The SMILES string of the molecule is CCCCCCCCCCCCCCCCCC(=O)OC(=O)[C@@H](N)CCC(=O)[O-].O=C(O)CC(C(=O)O)S(=O)(=O)O.[Na+]. The minimum atomic E-state index is -4.84. The van der Waals surface area contributed by atoms with E-state index in [1.54, 1.807) is 0 Å². The molecule has 0 aromatic carbocycles. The summed E-state index contributed by atoms with van der Waals surface area (Å²) >= 11 is 0. The third-order valence-electron chi connectivity index (χ3n) is 6.16. The van der Waals surface area contributed by atoms with E-state index in [1.807, 2.05) is 0 Å². The van der Waals surface area contributed by atoms with Crippen molar-refractivity contribution in [3.05, 3.63) is 0 Å². The molecule has 240 valence electrons. The van der Waals surface area contributed by atoms with Crippen LogP contribution in [0.1, 0.15) is 129 Å². The third kappa shape index (κ3) is 29.9. The molecule has 0 aliphatic heterocycles. The van der Waals surface area contributed by atoms with E-state index < -0.39 is 57.7 Å². The van der Waals surface area contributed by atoms with Crippen LogP contribution in [0.2, 0.25) is 0 Å². The van der Waals surface area contributed by atoms with Crippen LogP contribution in [0.5, 0.6) is 0 Å². The van der Waals surface area contributed by atoms with Crippen LogP contribution in [-0.2, 0) is 38.8 Å². The number of unbranched alkanes of at least 4 members (excludes halogenated alkanes) is 14. The zero-order chi connectivity index (χ0) is 31.7. The molecular weight excluding hydrogens is 585 g/mol. The summed E-state index contributed by atoms with van der Waals surface area (Å²) in [6.07, 6.45) is 17.3. The van der Waals surface area contributed by atoms with Gasteiger partial charge in [0.1, 0.15) is 6.04 Å². The molecule has 42 heavy (non-hydrogen) atoms. The Morgan fingerprint density at radius 2 is 1.17 bits per heavy atom. The van der Waals surface area contributed by atoms with Crippen molar-refractivity contribution >= 4 is 40.0 Å². The summed E-state index contributed by atoms with van der Waals surface area (Å²) in [6.45, 7) is 2.25. The number of carbonyl (C=O) groups excluding carboxylic acids is 3. The Morgan fingerprint density at radius 1 is 0.762 bits per heavy atom. The first-order chi connectivity index (χ1) is 19.2. The van der Waals surface area contributed by atoms with Crippen molar-refractivity contribution in [3.8, 4) is 0 Å². The average Bonchev–Trinajstić information content (AvgIpc) is 2.87. The number of hydrogen-bond acceptors (Lipinski definition) is 10. The Bertz CT molecular complexity index is 882. The summed E-state index contributed by atoms with van der Waals surface area (Å²) in [6, 6.07) is -1.10. The Morgan fingerprint density at radius 3 is 1.48 bits per heavy atom. The largest absolute Gasteiger partial charge is 1.00 e. The molecule has 0 aromatic heterocycles. The fraction of sp³-hybridized carbons (Fsp3) is 0.815. The van der Waals surface area contributed by atoms with Crippen LogP contribution in [-0.4, -0.2) is 64.3 Å². The van der Waals surface area contributed by atoms with Gasteiger partial charge < -0.3 is 30.6 Å². The summed E-state index contributed by atoms with van der Waals surface area (Å²) in [7, 11) is -4.84. The van der Waals surface area contributed by atoms with Gasteiger partial charge in [0.2, 0.25) is 0 Å². The van der Waals surface area contributed by atoms with Crippen molar-refractivity contribution < 1.29 is 86.6 Å². The fourth-order valence-corrected chi connectivity index (χ4v) is 4.36. The van der Waals surface area contributed by atoms with Crippen LogP contribution >= 0.6 is 0 Å². The molecule has 0 spiro atoms. The third-order valence-corrected chi connectivity index (χ3v) is 7.24. The summed E-state index contributed by atoms with van der Waals surface area (Å²) in [5.41, 5.74) is 5.48. The maximum absolute atomic E-state index is 11.6. The molecule has 0 radical (unpaired) electrons. The number of hydrogen-bond donors (Lipinski definition) is 4. The van der Waals surface area contributed by atoms with E-state index in [0.29, 0.717) is 6.42 Å². The van der Waals surface area contributed by atoms with Gasteiger partial charge in [-0.1, -0.05) is 96.8 Å². The zero-order valence-corrected chi connectivity index (χ0v) is 27.9. The average molecular weight is 634 g/mol. The predicted molar refractivity (Wildman–Crippen MR) is 148 cm³/mol. The standard InChI is InChI=1S/C23H43NO5.C4H6O7S.Na/c1-2-3-4-5-6-7-8-9-10-11-12-13-14-15-16-17-22(27)29-23(28)20(24)18-19-21(25)26;5-3(6)1-2(4(7)8)12(9,10)11;/h20H,2-19,24H2,1H3,(H,25,26);2H,1H2,(H,5,6)(H,7,8)(H,9,10,11);/q;;+1/p-1/t20-;;/m0../s1. The molecular formula is C27H48NNaO12S. The molecule has 15 heteroatoms. The second kappa shape index (κ2) is 28.2. The van der Waals surface area contributed by atoms with Gasteiger partial charge in [-0.15, -0.1) is 0 Å². The Kier molecular flexibility index (Phi) is 30.1. The Labute approximate surface area is 271 Å². The minimum absolute atomic E-state index is 0. The maximum Gasteiger partial charge on any atom is 1.00 e. The van der Waals surface area contributed by atoms with Gasteiger partial charge in [0.15, 0.2) is 5.25 Å². The van der Waals surface area contributed by atoms with Gasteiger partial charge in [0.25, 0.3) is 10.1 Å². The second-order valence-corrected chi connectivity index (χ2v) is 11.5. The van der Waals surface area contributed by atoms with Gasteiger partial charge in [0, 0.05) is 12.4 Å². The molecule has 0 saturated carbocycles. The van der Waals surface area contributed by atoms with E-state index in [-0.39, 0.29) is 48.8 Å². The number of rotatable bonds is 24. The second-order valence-electron chi connectivity index (χ2n) is 9.95. The molecule has 0 fully saturated rings. The van der Waals surface area contributed by atoms with Crippen LogP contribution in [0.4, 0.5) is 0 Å². The van der Waals surface area contributed by atoms with Crippen LogP contribution in [0.25, 0.3) is 0 Å². The van der Waals surface area contributed by atoms with E-state index in [1.165, 1.54) is 77.0 Å². The van der Waals surface area contributed by atoms with Crippen LogP contribution in [0, 0.1) is 0 Å². The molecule has 13 nitrogen and oxygen atoms in total. The normalized spacial score (nSPS) is 12.2. The van der Waals surface area contributed by atoms with Crippen molar-refractivity contribution in [2.45, 2.75) is 140 Å². The summed E-state index contributed by atoms with van der Waals surface area (Å²) in [4.78, 5) is 53.5. The van der Waals surface area contributed by atoms with Crippen molar-refractivity contribution in [2.75, 3.05) is 0 Å². The minimum Gasteiger partial charge on any atom is -0.550 e. The molecule has 0 aromatic rings. The van der Waals surface area contributed by atoms with Crippen molar-refractivity contribution in [2.24, 2.45) is 5.73 Å². The number of carboxylic acid groups (broad SMARTS) is 3. The molecule has 0 aliphatic carbocycles. The molecule has 0 bridgehead atoms. The number of nitrogens with two attached hydrogens (primary N) is 1. The smallest absolute Gasteiger partial charge is 0.550 e. The monoisotopic (exact) mass is 633 g/mol. The van der Waals surface area contributed by atoms with Gasteiger partial charge in [-0.2, -0.15) is 8.42 Å². The first-order valence-electron chi connectivity index (χ1n) is 14.3. The van der Waals surface area contributed by atoms with Gasteiger partial charge >= 0.3 is 53.4 Å². The number of carboxylic acids is 3. The van der Waals surface area contributed by atoms with E-state index >= 15 is 0 Å². The van der Waals surface area contributed by atoms with Crippen molar-refractivity contribution in [1.29, 1.82) is 0 Å². The van der Waals surface area contributed by atoms with Crippen LogP contribution < -0.4 is 40.4 Å². The quantitative estimate of drug-likeness (QED) is 0.0360. The van der Waals surface area contributed by atoms with Crippen LogP contribution in [0.15, 0.2) is 0 Å². The van der Waals surface area contributed by atoms with E-state index in [0.717, 1.165) is 12.8 Å². The molecule has 0 saturated heterocycles. The molecule has 0 amide bonds. The Balaban J connectivity index is -0.000000983. The van der Waals surface area contributed by atoms with Gasteiger partial charge in [0.05, 0.1) is 6.42 Å². The predicted octanol–water partition coefficient (Wildman–Crippen LogP) is -0.0188. The number of carbonyl (C=O) groups is 5. The summed E-state index contributed by atoms with van der Waals surface area (Å²) in [5.74, 6) is -6.23. The summed E-state index contributed by atoms with van der Waals surface area (Å²) < 4.78 is 33.3. The summed E-state index contributed by atoms with van der Waals surface area (Å²) in [5, 5.41) is 24.2. The van der Waals surface area contributed by atoms with Crippen molar-refractivity contribution in [1.82, 2.24) is 0 Å². The van der Waals surface area contributed by atoms with Crippen LogP contribution in [0.3, 0.4) is 0 Å². The molecule has 2 atom stereocenters. The van der Waals surface area contributed by atoms with Gasteiger partial charge in [-0.3, -0.25) is 18.9 Å². The van der Waals surface area contributed by atoms with Gasteiger partial charge in [-0.05, 0) is 19.3 Å². The van der Waals surface area contributed by atoms with E-state index in [9.17, 15) is 37.5 Å². The van der Waals surface area contributed by atoms with E-state index in [2.05, 4.69) is 11.7 Å². The number of ether oxygens (including phenoxy) is 1. The van der Waals surface area contributed by atoms with Crippen molar-refractivity contribution in [3.63, 3.8) is 0 Å². The molecule has 5 N–H and O–H groups in total. The number of aliphatic carboxylic acids is 3. The first-order valence-corrected chi connectivity index (χ1v) is 15.8. The molecule has 1 unspecified atom stereocenters. The molecule has 0 rings (SSSR count). The number of esters is 2. The zero-order valence-electron chi connectivity index (χ0n) is 25.1.